The van der Waals surface area contributed by atoms with E-state index in [1.165, 1.54) is 0 Å². The van der Waals surface area contributed by atoms with Gasteiger partial charge in [0.2, 0.25) is 0 Å². The normalized spacial score (nSPS) is 15.7. The van der Waals surface area contributed by atoms with Gasteiger partial charge in [0.15, 0.2) is 10.1 Å². The number of carbonyl (C=O) groups is 2. The van der Waals surface area contributed by atoms with Crippen molar-refractivity contribution in [1.82, 2.24) is 0 Å². The first kappa shape index (κ1) is 29.9. The van der Waals surface area contributed by atoms with E-state index in [1.54, 1.807) is 0 Å². The minimum absolute atomic E-state index is 1.10. The minimum atomic E-state index is -6.82. The summed E-state index contributed by atoms with van der Waals surface area (Å²) < 4.78 is 167. The molecule has 0 aliphatic heterocycles. The van der Waals surface area contributed by atoms with Crippen molar-refractivity contribution in [3.63, 3.8) is 0 Å². The summed E-state index contributed by atoms with van der Waals surface area (Å²) in [6, 6.07) is 0. The van der Waals surface area contributed by atoms with Gasteiger partial charge in [-0.05, 0) is 12.8 Å². The smallest absolute Gasteiger partial charge is 0.466 e. The lowest BCUT2D eigenvalue weighted by molar-refractivity contribution is -0.346. The highest BCUT2D eigenvalue weighted by molar-refractivity contribution is 7.86. The minimum Gasteiger partial charge on any atom is -0.743 e. The van der Waals surface area contributed by atoms with Crippen molar-refractivity contribution in [2.45, 2.75) is 48.6 Å². The fourth-order valence-electron chi connectivity index (χ4n) is 1.73. The number of amides is 1. The van der Waals surface area contributed by atoms with Gasteiger partial charge < -0.3 is 19.8 Å². The Balaban J connectivity index is 5.43. The van der Waals surface area contributed by atoms with Crippen LogP contribution in [0.3, 0.4) is 0 Å². The molecule has 0 rings (SSSR count). The molecule has 0 aromatic rings. The maximum absolute atomic E-state index is 13.2. The van der Waals surface area contributed by atoms with Gasteiger partial charge >= 0.3 is 41.2 Å². The number of esters is 1. The molecule has 0 aliphatic carbocycles. The summed E-state index contributed by atoms with van der Waals surface area (Å²) in [4.78, 5) is 22.5. The van der Waals surface area contributed by atoms with Crippen molar-refractivity contribution in [3.05, 3.63) is 12.2 Å². The van der Waals surface area contributed by atoms with Crippen molar-refractivity contribution in [3.8, 4) is 0 Å². The van der Waals surface area contributed by atoms with Crippen LogP contribution in [0.25, 0.3) is 0 Å². The molecule has 1 atom stereocenters. The molecule has 1 unspecified atom stereocenters. The summed E-state index contributed by atoms with van der Waals surface area (Å²) in [5, 5.41) is -6.07. The van der Waals surface area contributed by atoms with Gasteiger partial charge in [0.1, 0.15) is 5.57 Å². The molecule has 8 nitrogen and oxygen atoms in total. The zero-order chi connectivity index (χ0) is 26.0. The highest BCUT2D eigenvalue weighted by atomic mass is 32.2. The Bertz CT molecular complexity index is 837. The molecule has 0 aliphatic rings. The number of unbranched alkanes of at least 4 members (excludes halogenated alkanes) is 1. The average Bonchev–Trinajstić information content (AvgIpc) is 2.56. The molecule has 2 N–H and O–H groups in total. The largest absolute Gasteiger partial charge is 0.743 e. The molecule has 0 saturated carbocycles. The lowest BCUT2D eigenvalue weighted by atomic mass is 10.1. The van der Waals surface area contributed by atoms with Crippen LogP contribution in [0.15, 0.2) is 12.2 Å². The third-order valence-electron chi connectivity index (χ3n) is 3.45. The first-order chi connectivity index (χ1) is 13.9. The molecular formula is C13H12F10NO7S-. The quantitative estimate of drug-likeness (QED) is 0.111. The van der Waals surface area contributed by atoms with Crippen LogP contribution in [0.1, 0.15) is 19.3 Å². The third kappa shape index (κ3) is 6.44. The Morgan fingerprint density at radius 1 is 0.938 bits per heavy atom. The predicted molar refractivity (Wildman–Crippen MR) is 78.7 cm³/mol. The number of hydrogen-bond donors (Lipinski definition) is 1. The number of alkyl halides is 10. The van der Waals surface area contributed by atoms with Crippen LogP contribution in [0.2, 0.25) is 0 Å². The Morgan fingerprint density at radius 2 is 1.41 bits per heavy atom. The second-order valence-electron chi connectivity index (χ2n) is 5.83. The van der Waals surface area contributed by atoms with Crippen LogP contribution in [-0.4, -0.2) is 60.8 Å². The van der Waals surface area contributed by atoms with E-state index in [2.05, 4.69) is 21.8 Å². The van der Waals surface area contributed by atoms with Crippen molar-refractivity contribution in [2.75, 3.05) is 6.61 Å². The Kier molecular flexibility index (Phi) is 8.75. The van der Waals surface area contributed by atoms with Gasteiger partial charge in [0.05, 0.1) is 6.61 Å². The van der Waals surface area contributed by atoms with Crippen molar-refractivity contribution < 1.29 is 75.9 Å². The molecule has 0 radical (unpaired) electrons. The third-order valence-corrected chi connectivity index (χ3v) is 4.38. The summed E-state index contributed by atoms with van der Waals surface area (Å²) in [7, 11) is -6.82. The predicted octanol–water partition coefficient (Wildman–Crippen LogP) is 2.35. The van der Waals surface area contributed by atoms with Crippen LogP contribution in [-0.2, 0) is 29.2 Å². The fourth-order valence-corrected chi connectivity index (χ4v) is 2.20. The van der Waals surface area contributed by atoms with Crippen LogP contribution in [0.4, 0.5) is 43.9 Å². The van der Waals surface area contributed by atoms with Crippen molar-refractivity contribution in [2.24, 2.45) is 5.73 Å². The summed E-state index contributed by atoms with van der Waals surface area (Å²) >= 11 is 0. The molecule has 188 valence electrons. The maximum Gasteiger partial charge on any atom is 0.466 e. The van der Waals surface area contributed by atoms with Gasteiger partial charge in [-0.2, -0.15) is 43.9 Å². The van der Waals surface area contributed by atoms with E-state index in [0.29, 0.717) is 0 Å². The van der Waals surface area contributed by atoms with Gasteiger partial charge in [-0.3, -0.25) is 4.79 Å². The van der Waals surface area contributed by atoms with Crippen molar-refractivity contribution >= 4 is 22.0 Å². The fraction of sp³-hybridized carbons (Fsp3) is 0.692. The van der Waals surface area contributed by atoms with Gasteiger partial charge in [-0.1, -0.05) is 6.58 Å². The number of ether oxygens (including phenoxy) is 2. The first-order valence-electron chi connectivity index (χ1n) is 7.65. The second-order valence-corrected chi connectivity index (χ2v) is 7.25. The number of rotatable bonds is 11. The molecule has 0 spiro atoms. The number of carbonyl (C=O) groups excluding carboxylic acids is 2. The Hall–Kier alpha value is -2.15. The molecule has 0 aromatic carbocycles. The molecular weight excluding hydrogens is 504 g/mol. The maximum atomic E-state index is 13.2. The van der Waals surface area contributed by atoms with Crippen LogP contribution >= 0.6 is 0 Å². The summed E-state index contributed by atoms with van der Waals surface area (Å²) in [5.41, 5.74) is 1.91. The van der Waals surface area contributed by atoms with E-state index in [1.807, 2.05) is 0 Å². The molecule has 0 bridgehead atoms. The zero-order valence-corrected chi connectivity index (χ0v) is 16.0. The van der Waals surface area contributed by atoms with Gasteiger partial charge in [0, 0.05) is 6.42 Å². The number of primary amides is 1. The molecule has 0 saturated heterocycles. The van der Waals surface area contributed by atoms with E-state index in [-0.39, 0.29) is 0 Å². The monoisotopic (exact) mass is 516 g/mol. The highest BCUT2D eigenvalue weighted by Gasteiger charge is 2.66. The summed E-state index contributed by atoms with van der Waals surface area (Å²) in [6.07, 6.45) is -16.1. The summed E-state index contributed by atoms with van der Waals surface area (Å²) in [5.74, 6) is -15.8. The summed E-state index contributed by atoms with van der Waals surface area (Å²) in [6.45, 7) is 0.586. The zero-order valence-electron chi connectivity index (χ0n) is 15.2. The lowest BCUT2D eigenvalue weighted by Crippen LogP contribution is -2.60. The van der Waals surface area contributed by atoms with E-state index < -0.39 is 82.8 Å². The van der Waals surface area contributed by atoms with Crippen LogP contribution in [0, 0.1) is 0 Å². The standard InChI is InChI=1S/C13H13F10NO7S/c1-6(11(16,17)18)7(25)31-10(8(24)26,12(19,20)21)30-5-3-2-4-9(14,15)13(22,23)32(27,28)29/h1-5H2,(H2,24,26)(H,27,28,29)/p-1. The van der Waals surface area contributed by atoms with Crippen LogP contribution < -0.4 is 5.73 Å². The van der Waals surface area contributed by atoms with Gasteiger partial charge in [-0.25, -0.2) is 13.2 Å². The number of nitrogens with two attached hydrogens (primary N) is 1. The number of halogens is 10. The molecule has 0 aromatic heterocycles. The molecule has 0 heterocycles. The van der Waals surface area contributed by atoms with Crippen molar-refractivity contribution in [1.29, 1.82) is 0 Å². The Morgan fingerprint density at radius 3 is 1.75 bits per heavy atom. The second kappa shape index (κ2) is 9.38. The molecule has 0 fully saturated rings. The Labute approximate surface area is 172 Å². The van der Waals surface area contributed by atoms with E-state index in [9.17, 15) is 66.5 Å². The SMILES string of the molecule is C=C(C(=O)OC(OCCCCC(F)(F)C(F)(F)S(=O)(=O)[O-])(C(N)=O)C(F)(F)F)C(F)(F)F. The molecule has 32 heavy (non-hydrogen) atoms. The van der Waals surface area contributed by atoms with Crippen LogP contribution in [0.5, 0.6) is 0 Å². The van der Waals surface area contributed by atoms with E-state index in [4.69, 9.17) is 0 Å². The number of hydrogen-bond acceptors (Lipinski definition) is 7. The van der Waals surface area contributed by atoms with E-state index in [0.717, 1.165) is 0 Å². The molecule has 1 amide bonds. The average molecular weight is 516 g/mol. The van der Waals surface area contributed by atoms with E-state index >= 15 is 0 Å². The molecule has 19 heteroatoms. The topological polar surface area (TPSA) is 136 Å². The highest BCUT2D eigenvalue weighted by Crippen LogP contribution is 2.42. The lowest BCUT2D eigenvalue weighted by Gasteiger charge is -2.32. The van der Waals surface area contributed by atoms with Gasteiger partial charge in [-0.15, -0.1) is 0 Å². The van der Waals surface area contributed by atoms with Gasteiger partial charge in [0.25, 0.3) is 0 Å². The first-order valence-corrected chi connectivity index (χ1v) is 9.06.